The van der Waals surface area contributed by atoms with Crippen molar-refractivity contribution in [1.82, 2.24) is 14.5 Å². The lowest BCUT2D eigenvalue weighted by molar-refractivity contribution is 0.448. The Hall–Kier alpha value is -0.880. The molecule has 6 heteroatoms. The van der Waals surface area contributed by atoms with Gasteiger partial charge in [0.05, 0.1) is 11.7 Å². The zero-order valence-corrected chi connectivity index (χ0v) is 15.3. The molecule has 1 aromatic heterocycles. The monoisotopic (exact) mass is 339 g/mol. The van der Waals surface area contributed by atoms with Gasteiger partial charge in [0, 0.05) is 17.7 Å². The molecule has 3 rings (SSSR count). The molecule has 0 amide bonds. The second-order valence-corrected chi connectivity index (χ2v) is 9.80. The smallest absolute Gasteiger partial charge is 0.244 e. The highest BCUT2D eigenvalue weighted by Crippen LogP contribution is 2.34. The lowest BCUT2D eigenvalue weighted by atomic mass is 9.92. The molecule has 0 unspecified atom stereocenters. The molecule has 130 valence electrons. The van der Waals surface area contributed by atoms with Crippen LogP contribution in [-0.4, -0.2) is 24.2 Å². The summed E-state index contributed by atoms with van der Waals surface area (Å²) in [6.45, 7) is 6.09. The van der Waals surface area contributed by atoms with Gasteiger partial charge < -0.3 is 0 Å². The minimum Gasteiger partial charge on any atom is -0.268 e. The van der Waals surface area contributed by atoms with Gasteiger partial charge in [0.15, 0.2) is 0 Å². The summed E-state index contributed by atoms with van der Waals surface area (Å²) in [5.41, 5.74) is 0.402. The Morgan fingerprint density at radius 2 is 1.65 bits per heavy atom. The van der Waals surface area contributed by atoms with Crippen molar-refractivity contribution in [3.05, 3.63) is 11.9 Å². The molecule has 0 aliphatic heterocycles. The second-order valence-electron chi connectivity index (χ2n) is 8.11. The summed E-state index contributed by atoms with van der Waals surface area (Å²) in [5.74, 6) is 0. The Balaban J connectivity index is 1.95. The van der Waals surface area contributed by atoms with Crippen molar-refractivity contribution < 1.29 is 8.42 Å². The number of hydrogen-bond acceptors (Lipinski definition) is 3. The minimum absolute atomic E-state index is 0.0858. The number of sulfonamides is 1. The van der Waals surface area contributed by atoms with E-state index in [0.717, 1.165) is 38.5 Å². The fourth-order valence-corrected chi connectivity index (χ4v) is 5.42. The van der Waals surface area contributed by atoms with E-state index in [1.165, 1.54) is 12.8 Å². The van der Waals surface area contributed by atoms with Crippen LogP contribution in [0.2, 0.25) is 0 Å². The molecule has 2 saturated carbocycles. The van der Waals surface area contributed by atoms with Gasteiger partial charge >= 0.3 is 0 Å². The van der Waals surface area contributed by atoms with Crippen LogP contribution in [0.25, 0.3) is 0 Å². The van der Waals surface area contributed by atoms with Crippen LogP contribution >= 0.6 is 0 Å². The van der Waals surface area contributed by atoms with Gasteiger partial charge in [-0.25, -0.2) is 13.1 Å². The molecule has 5 nitrogen and oxygen atoms in total. The van der Waals surface area contributed by atoms with Gasteiger partial charge in [0.25, 0.3) is 0 Å². The van der Waals surface area contributed by atoms with Crippen LogP contribution in [0.15, 0.2) is 11.1 Å². The molecule has 1 N–H and O–H groups in total. The Morgan fingerprint density at radius 1 is 1.09 bits per heavy atom. The standard InChI is InChI=1S/C17H29N3O2S/c1-17(2,3)16-15(12-20(18-16)14-10-6-7-11-14)23(21,22)19-13-8-4-5-9-13/h12-14,19H,4-11H2,1-3H3. The van der Waals surface area contributed by atoms with Crippen molar-refractivity contribution in [3.63, 3.8) is 0 Å². The first-order valence-electron chi connectivity index (χ1n) is 8.89. The van der Waals surface area contributed by atoms with Crippen molar-refractivity contribution in [1.29, 1.82) is 0 Å². The third-order valence-electron chi connectivity index (χ3n) is 5.07. The Labute approximate surface area is 139 Å². The molecule has 0 atom stereocenters. The fraction of sp³-hybridized carbons (Fsp3) is 0.824. The van der Waals surface area contributed by atoms with E-state index in [-0.39, 0.29) is 11.5 Å². The first-order chi connectivity index (χ1) is 10.8. The Morgan fingerprint density at radius 3 is 2.22 bits per heavy atom. The van der Waals surface area contributed by atoms with Crippen LogP contribution in [0.4, 0.5) is 0 Å². The number of hydrogen-bond donors (Lipinski definition) is 1. The number of nitrogens with zero attached hydrogens (tertiary/aromatic N) is 2. The normalized spacial score (nSPS) is 21.3. The van der Waals surface area contributed by atoms with Crippen molar-refractivity contribution >= 4 is 10.0 Å². The maximum atomic E-state index is 12.9. The molecular formula is C17H29N3O2S. The van der Waals surface area contributed by atoms with Gasteiger partial charge in [0.2, 0.25) is 10.0 Å². The SMILES string of the molecule is CC(C)(C)c1nn(C2CCCC2)cc1S(=O)(=O)NC1CCCC1. The molecule has 0 aromatic carbocycles. The van der Waals surface area contributed by atoms with E-state index >= 15 is 0 Å². The zero-order chi connectivity index (χ0) is 16.7. The molecule has 2 aliphatic carbocycles. The summed E-state index contributed by atoms with van der Waals surface area (Å²) < 4.78 is 30.7. The molecule has 1 heterocycles. The zero-order valence-electron chi connectivity index (χ0n) is 14.5. The summed E-state index contributed by atoms with van der Waals surface area (Å²) in [5, 5.41) is 4.70. The molecule has 0 bridgehead atoms. The third kappa shape index (κ3) is 3.63. The molecular weight excluding hydrogens is 310 g/mol. The number of aromatic nitrogens is 2. The average Bonchev–Trinajstić information content (AvgIpc) is 3.18. The van der Waals surface area contributed by atoms with Crippen LogP contribution < -0.4 is 4.72 Å². The lowest BCUT2D eigenvalue weighted by Crippen LogP contribution is -2.33. The Kier molecular flexibility index (Phi) is 4.58. The van der Waals surface area contributed by atoms with Crippen LogP contribution in [0.5, 0.6) is 0 Å². The second kappa shape index (κ2) is 6.20. The van der Waals surface area contributed by atoms with Crippen LogP contribution in [0.1, 0.15) is 83.9 Å². The maximum absolute atomic E-state index is 12.9. The molecule has 0 spiro atoms. The molecule has 23 heavy (non-hydrogen) atoms. The van der Waals surface area contributed by atoms with Crippen molar-refractivity contribution in [3.8, 4) is 0 Å². The highest BCUT2D eigenvalue weighted by molar-refractivity contribution is 7.89. The molecule has 1 aromatic rings. The quantitative estimate of drug-likeness (QED) is 0.913. The van der Waals surface area contributed by atoms with Crippen molar-refractivity contribution in [2.45, 2.75) is 94.5 Å². The summed E-state index contributed by atoms with van der Waals surface area (Å²) in [4.78, 5) is 0.379. The van der Waals surface area contributed by atoms with E-state index in [2.05, 4.69) is 4.72 Å². The molecule has 2 fully saturated rings. The van der Waals surface area contributed by atoms with Crippen LogP contribution in [-0.2, 0) is 15.4 Å². The molecule has 0 saturated heterocycles. The predicted octanol–water partition coefficient (Wildman–Crippen LogP) is 3.52. The number of rotatable bonds is 4. The summed E-state index contributed by atoms with van der Waals surface area (Å²) in [7, 11) is -3.50. The van der Waals surface area contributed by atoms with Gasteiger partial charge in [-0.2, -0.15) is 5.10 Å². The van der Waals surface area contributed by atoms with E-state index in [4.69, 9.17) is 5.10 Å². The number of nitrogens with one attached hydrogen (secondary N) is 1. The van der Waals surface area contributed by atoms with Gasteiger partial charge in [-0.05, 0) is 25.7 Å². The van der Waals surface area contributed by atoms with Crippen LogP contribution in [0.3, 0.4) is 0 Å². The summed E-state index contributed by atoms with van der Waals surface area (Å²) in [6, 6.07) is 0.439. The van der Waals surface area contributed by atoms with E-state index in [1.54, 1.807) is 6.20 Å². The van der Waals surface area contributed by atoms with E-state index in [0.29, 0.717) is 16.6 Å². The lowest BCUT2D eigenvalue weighted by Gasteiger charge is -2.19. The van der Waals surface area contributed by atoms with E-state index in [1.807, 2.05) is 25.5 Å². The van der Waals surface area contributed by atoms with Crippen molar-refractivity contribution in [2.75, 3.05) is 0 Å². The minimum atomic E-state index is -3.50. The average molecular weight is 340 g/mol. The third-order valence-corrected chi connectivity index (χ3v) is 6.60. The summed E-state index contributed by atoms with van der Waals surface area (Å²) >= 11 is 0. The van der Waals surface area contributed by atoms with Gasteiger partial charge in [-0.3, -0.25) is 4.68 Å². The maximum Gasteiger partial charge on any atom is 0.244 e. The predicted molar refractivity (Wildman–Crippen MR) is 91.0 cm³/mol. The first-order valence-corrected chi connectivity index (χ1v) is 10.4. The van der Waals surface area contributed by atoms with Gasteiger partial charge in [-0.15, -0.1) is 0 Å². The van der Waals surface area contributed by atoms with E-state index < -0.39 is 10.0 Å². The highest BCUT2D eigenvalue weighted by atomic mass is 32.2. The largest absolute Gasteiger partial charge is 0.268 e. The topological polar surface area (TPSA) is 64.0 Å². The highest BCUT2D eigenvalue weighted by Gasteiger charge is 2.33. The van der Waals surface area contributed by atoms with E-state index in [9.17, 15) is 8.42 Å². The van der Waals surface area contributed by atoms with Gasteiger partial charge in [-0.1, -0.05) is 46.5 Å². The Bertz CT molecular complexity index is 646. The van der Waals surface area contributed by atoms with Crippen LogP contribution in [0, 0.1) is 0 Å². The van der Waals surface area contributed by atoms with Crippen molar-refractivity contribution in [2.24, 2.45) is 0 Å². The molecule has 2 aliphatic rings. The fourth-order valence-electron chi connectivity index (χ4n) is 3.77. The first kappa shape index (κ1) is 17.0. The summed E-state index contributed by atoms with van der Waals surface area (Å²) in [6.07, 6.45) is 10.5. The molecule has 0 radical (unpaired) electrons. The van der Waals surface area contributed by atoms with Gasteiger partial charge in [0.1, 0.15) is 4.90 Å².